The van der Waals surface area contributed by atoms with Crippen LogP contribution in [0.2, 0.25) is 0 Å². The summed E-state index contributed by atoms with van der Waals surface area (Å²) >= 11 is 3.04. The zero-order chi connectivity index (χ0) is 10.1. The van der Waals surface area contributed by atoms with E-state index in [-0.39, 0.29) is 11.5 Å². The molecule has 1 rings (SSSR count). The normalized spacial score (nSPS) is 11.7. The lowest BCUT2D eigenvalue weighted by Gasteiger charge is -2.06. The summed E-state index contributed by atoms with van der Waals surface area (Å²) in [5, 5.41) is 0. The molecule has 0 fully saturated rings. The summed E-state index contributed by atoms with van der Waals surface area (Å²) in [5.41, 5.74) is 5.24. The Kier molecular flexibility index (Phi) is 2.80. The highest BCUT2D eigenvalue weighted by Gasteiger charge is 2.28. The molecular weight excluding hydrogens is 249 g/mol. The Bertz CT molecular complexity index is 311. The minimum absolute atomic E-state index is 0.0711. The van der Waals surface area contributed by atoms with Gasteiger partial charge in [-0.3, -0.25) is 0 Å². The minimum Gasteiger partial charge on any atom is -0.383 e. The lowest BCUT2D eigenvalue weighted by molar-refractivity contribution is -0.127. The highest BCUT2D eigenvalue weighted by Crippen LogP contribution is 2.23. The number of alkyl halides is 3. The number of nitrogen functional groups attached to an aromatic ring is 1. The molecule has 0 saturated heterocycles. The average Bonchev–Trinajstić information content (AvgIpc) is 1.94. The van der Waals surface area contributed by atoms with Gasteiger partial charge in [0.2, 0.25) is 0 Å². The van der Waals surface area contributed by atoms with Crippen LogP contribution in [0.5, 0.6) is 0 Å². The van der Waals surface area contributed by atoms with Crippen molar-refractivity contribution in [1.82, 2.24) is 4.98 Å². The Morgan fingerprint density at radius 3 is 2.46 bits per heavy atom. The monoisotopic (exact) mass is 254 g/mol. The average molecular weight is 255 g/mol. The molecule has 0 spiro atoms. The molecule has 0 bridgehead atoms. The molecule has 1 heterocycles. The second kappa shape index (κ2) is 3.53. The van der Waals surface area contributed by atoms with E-state index in [0.29, 0.717) is 4.47 Å². The van der Waals surface area contributed by atoms with E-state index in [9.17, 15) is 13.2 Å². The third kappa shape index (κ3) is 3.22. The number of halogens is 4. The van der Waals surface area contributed by atoms with E-state index in [4.69, 9.17) is 5.73 Å². The van der Waals surface area contributed by atoms with Gasteiger partial charge < -0.3 is 5.73 Å². The van der Waals surface area contributed by atoms with Crippen molar-refractivity contribution in [3.05, 3.63) is 22.3 Å². The van der Waals surface area contributed by atoms with Crippen LogP contribution in [0.25, 0.3) is 0 Å². The lowest BCUT2D eigenvalue weighted by atomic mass is 10.2. The molecule has 0 radical (unpaired) electrons. The van der Waals surface area contributed by atoms with E-state index in [2.05, 4.69) is 20.9 Å². The van der Waals surface area contributed by atoms with E-state index in [1.807, 2.05) is 0 Å². The molecule has 0 aliphatic rings. The fourth-order valence-electron chi connectivity index (χ4n) is 0.804. The summed E-state index contributed by atoms with van der Waals surface area (Å²) in [6.45, 7) is 0. The van der Waals surface area contributed by atoms with Crippen molar-refractivity contribution in [2.24, 2.45) is 0 Å². The van der Waals surface area contributed by atoms with Crippen LogP contribution in [-0.2, 0) is 6.42 Å². The van der Waals surface area contributed by atoms with Crippen LogP contribution in [-0.4, -0.2) is 11.2 Å². The molecule has 2 nitrogen and oxygen atoms in total. The van der Waals surface area contributed by atoms with E-state index in [1.54, 1.807) is 0 Å². The van der Waals surface area contributed by atoms with E-state index in [0.717, 1.165) is 0 Å². The summed E-state index contributed by atoms with van der Waals surface area (Å²) in [7, 11) is 0. The van der Waals surface area contributed by atoms with Gasteiger partial charge in [0.25, 0.3) is 0 Å². The van der Waals surface area contributed by atoms with E-state index >= 15 is 0 Å². The Labute approximate surface area is 81.1 Å². The number of aromatic nitrogens is 1. The Hall–Kier alpha value is -0.780. The SMILES string of the molecule is Nc1nc(CC(F)(F)F)ccc1Br. The van der Waals surface area contributed by atoms with Gasteiger partial charge in [0.1, 0.15) is 5.82 Å². The lowest BCUT2D eigenvalue weighted by Crippen LogP contribution is -2.13. The molecule has 13 heavy (non-hydrogen) atoms. The molecule has 2 N–H and O–H groups in total. The van der Waals surface area contributed by atoms with Gasteiger partial charge in [-0.1, -0.05) is 0 Å². The highest BCUT2D eigenvalue weighted by atomic mass is 79.9. The van der Waals surface area contributed by atoms with Crippen LogP contribution in [0.4, 0.5) is 19.0 Å². The van der Waals surface area contributed by atoms with Crippen molar-refractivity contribution in [1.29, 1.82) is 0 Å². The van der Waals surface area contributed by atoms with Gasteiger partial charge in [-0.05, 0) is 28.1 Å². The maximum atomic E-state index is 11.9. The van der Waals surface area contributed by atoms with Gasteiger partial charge in [-0.15, -0.1) is 0 Å². The first-order valence-corrected chi connectivity index (χ1v) is 4.15. The number of hydrogen-bond acceptors (Lipinski definition) is 2. The number of pyridine rings is 1. The first-order chi connectivity index (χ1) is 5.88. The summed E-state index contributed by atoms with van der Waals surface area (Å²) in [5.74, 6) is 0.0711. The van der Waals surface area contributed by atoms with Crippen molar-refractivity contribution in [2.75, 3.05) is 5.73 Å². The van der Waals surface area contributed by atoms with Crippen LogP contribution >= 0.6 is 15.9 Å². The van der Waals surface area contributed by atoms with Gasteiger partial charge in [-0.25, -0.2) is 4.98 Å². The van der Waals surface area contributed by atoms with Crippen molar-refractivity contribution in [3.63, 3.8) is 0 Å². The van der Waals surface area contributed by atoms with Crippen molar-refractivity contribution < 1.29 is 13.2 Å². The van der Waals surface area contributed by atoms with E-state index in [1.165, 1.54) is 12.1 Å². The predicted octanol–water partition coefficient (Wildman–Crippen LogP) is 2.53. The Morgan fingerprint density at radius 2 is 2.00 bits per heavy atom. The van der Waals surface area contributed by atoms with Crippen LogP contribution < -0.4 is 5.73 Å². The fourth-order valence-corrected chi connectivity index (χ4v) is 1.02. The Morgan fingerprint density at radius 1 is 1.38 bits per heavy atom. The van der Waals surface area contributed by atoms with E-state index < -0.39 is 12.6 Å². The number of rotatable bonds is 1. The highest BCUT2D eigenvalue weighted by molar-refractivity contribution is 9.10. The summed E-state index contributed by atoms with van der Waals surface area (Å²) in [6.07, 6.45) is -5.29. The van der Waals surface area contributed by atoms with Crippen LogP contribution in [0.1, 0.15) is 5.69 Å². The summed E-state index contributed by atoms with van der Waals surface area (Å²) < 4.78 is 36.1. The molecule has 0 aliphatic heterocycles. The van der Waals surface area contributed by atoms with Crippen LogP contribution in [0.3, 0.4) is 0 Å². The second-order valence-corrected chi connectivity index (χ2v) is 3.32. The number of nitrogens with zero attached hydrogens (tertiary/aromatic N) is 1. The maximum Gasteiger partial charge on any atom is 0.394 e. The number of nitrogens with two attached hydrogens (primary N) is 1. The smallest absolute Gasteiger partial charge is 0.383 e. The quantitative estimate of drug-likeness (QED) is 0.837. The molecular formula is C7H6BrF3N2. The zero-order valence-corrected chi connectivity index (χ0v) is 7.98. The molecule has 0 aromatic carbocycles. The molecule has 0 unspecified atom stereocenters. The van der Waals surface area contributed by atoms with Crippen molar-refractivity contribution >= 4 is 21.7 Å². The van der Waals surface area contributed by atoms with Crippen molar-refractivity contribution in [2.45, 2.75) is 12.6 Å². The van der Waals surface area contributed by atoms with Crippen LogP contribution in [0, 0.1) is 0 Å². The fraction of sp³-hybridized carbons (Fsp3) is 0.286. The summed E-state index contributed by atoms with van der Waals surface area (Å²) in [4.78, 5) is 3.57. The topological polar surface area (TPSA) is 38.9 Å². The molecule has 1 aromatic heterocycles. The standard InChI is InChI=1S/C7H6BrF3N2/c8-5-2-1-4(13-6(5)12)3-7(9,10)11/h1-2H,3H2,(H2,12,13). The second-order valence-electron chi connectivity index (χ2n) is 2.46. The Balaban J connectivity index is 2.86. The first kappa shape index (κ1) is 10.3. The minimum atomic E-state index is -4.24. The van der Waals surface area contributed by atoms with Gasteiger partial charge >= 0.3 is 6.18 Å². The van der Waals surface area contributed by atoms with Gasteiger partial charge in [0, 0.05) is 0 Å². The third-order valence-corrected chi connectivity index (χ3v) is 1.98. The zero-order valence-electron chi connectivity index (χ0n) is 6.40. The van der Waals surface area contributed by atoms with Crippen LogP contribution in [0.15, 0.2) is 16.6 Å². The summed E-state index contributed by atoms with van der Waals surface area (Å²) in [6, 6.07) is 2.73. The molecule has 0 atom stereocenters. The number of anilines is 1. The molecule has 0 aliphatic carbocycles. The van der Waals surface area contributed by atoms with Crippen molar-refractivity contribution in [3.8, 4) is 0 Å². The number of hydrogen-bond donors (Lipinski definition) is 1. The van der Waals surface area contributed by atoms with Gasteiger partial charge in [0.15, 0.2) is 0 Å². The van der Waals surface area contributed by atoms with Gasteiger partial charge in [0.05, 0.1) is 16.6 Å². The largest absolute Gasteiger partial charge is 0.394 e. The molecule has 72 valence electrons. The molecule has 0 saturated carbocycles. The first-order valence-electron chi connectivity index (χ1n) is 3.36. The van der Waals surface area contributed by atoms with Gasteiger partial charge in [-0.2, -0.15) is 13.2 Å². The predicted molar refractivity (Wildman–Crippen MR) is 46.1 cm³/mol. The molecule has 0 amide bonds. The maximum absolute atomic E-state index is 11.9. The molecule has 6 heteroatoms. The molecule has 1 aromatic rings. The third-order valence-electron chi connectivity index (χ3n) is 1.31.